The molecule has 1 atom stereocenters. The van der Waals surface area contributed by atoms with Gasteiger partial charge in [-0.3, -0.25) is 9.69 Å². The molecule has 1 saturated heterocycles. The fourth-order valence-corrected chi connectivity index (χ4v) is 5.21. The lowest BCUT2D eigenvalue weighted by molar-refractivity contribution is -0.143. The van der Waals surface area contributed by atoms with Crippen LogP contribution in [0.15, 0.2) is 54.6 Å². The van der Waals surface area contributed by atoms with Gasteiger partial charge >= 0.3 is 5.97 Å². The Kier molecular flexibility index (Phi) is 9.60. The number of carbonyl (C=O) groups is 1. The lowest BCUT2D eigenvalue weighted by atomic mass is 9.90. The number of rotatable bonds is 12. The molecule has 9 heteroatoms. The van der Waals surface area contributed by atoms with E-state index in [2.05, 4.69) is 4.90 Å². The van der Waals surface area contributed by atoms with Gasteiger partial charge in [0.25, 0.3) is 0 Å². The Balaban J connectivity index is 1.80. The third-order valence-electron chi connectivity index (χ3n) is 7.27. The number of ether oxygens (including phenoxy) is 6. The van der Waals surface area contributed by atoms with Crippen LogP contribution in [-0.2, 0) is 11.4 Å². The van der Waals surface area contributed by atoms with E-state index in [0.717, 1.165) is 16.7 Å². The van der Waals surface area contributed by atoms with Crippen molar-refractivity contribution in [2.45, 2.75) is 25.5 Å². The summed E-state index contributed by atoms with van der Waals surface area (Å²) in [5.74, 6) is 2.00. The first-order chi connectivity index (χ1) is 19.4. The van der Waals surface area contributed by atoms with Crippen LogP contribution < -0.4 is 28.4 Å². The third kappa shape index (κ3) is 6.20. The SMILES string of the molecule is COc1cc(C(c2cc(OC)c(OCc3ccccc3)c(OC)c2)N2CCC(C(=O)O)CC2)cc(OC)c1OC. The summed E-state index contributed by atoms with van der Waals surface area (Å²) in [6.45, 7) is 1.54. The van der Waals surface area contributed by atoms with E-state index in [1.165, 1.54) is 0 Å². The van der Waals surface area contributed by atoms with Crippen molar-refractivity contribution in [1.29, 1.82) is 0 Å². The minimum absolute atomic E-state index is 0.283. The molecule has 1 aliphatic rings. The van der Waals surface area contributed by atoms with E-state index in [1.807, 2.05) is 54.6 Å². The van der Waals surface area contributed by atoms with Gasteiger partial charge in [0, 0.05) is 0 Å². The highest BCUT2D eigenvalue weighted by Gasteiger charge is 2.33. The molecular weight excluding hydrogens is 514 g/mol. The number of nitrogens with zero attached hydrogens (tertiary/aromatic N) is 1. The molecule has 214 valence electrons. The van der Waals surface area contributed by atoms with Crippen LogP contribution in [0.4, 0.5) is 0 Å². The fourth-order valence-electron chi connectivity index (χ4n) is 5.21. The van der Waals surface area contributed by atoms with Gasteiger partial charge in [-0.05, 0) is 66.9 Å². The van der Waals surface area contributed by atoms with Crippen LogP contribution >= 0.6 is 0 Å². The van der Waals surface area contributed by atoms with Crippen molar-refractivity contribution in [1.82, 2.24) is 4.90 Å². The first-order valence-electron chi connectivity index (χ1n) is 13.1. The lowest BCUT2D eigenvalue weighted by Crippen LogP contribution is -2.39. The molecule has 4 rings (SSSR count). The summed E-state index contributed by atoms with van der Waals surface area (Å²) in [5, 5.41) is 9.58. The summed E-state index contributed by atoms with van der Waals surface area (Å²) in [5.41, 5.74) is 2.81. The van der Waals surface area contributed by atoms with E-state index in [9.17, 15) is 9.90 Å². The molecule has 0 aromatic heterocycles. The Morgan fingerprint density at radius 2 is 1.25 bits per heavy atom. The molecule has 0 saturated carbocycles. The molecule has 1 heterocycles. The molecule has 1 N–H and O–H groups in total. The van der Waals surface area contributed by atoms with Crippen LogP contribution in [0.2, 0.25) is 0 Å². The van der Waals surface area contributed by atoms with Gasteiger partial charge in [0.1, 0.15) is 6.61 Å². The van der Waals surface area contributed by atoms with Crippen molar-refractivity contribution >= 4 is 5.97 Å². The number of hydrogen-bond acceptors (Lipinski definition) is 8. The normalized spacial score (nSPS) is 14.7. The zero-order valence-corrected chi connectivity index (χ0v) is 23.6. The van der Waals surface area contributed by atoms with Gasteiger partial charge in [0.05, 0.1) is 47.5 Å². The van der Waals surface area contributed by atoms with Gasteiger partial charge in [-0.1, -0.05) is 30.3 Å². The van der Waals surface area contributed by atoms with Crippen LogP contribution in [0.3, 0.4) is 0 Å². The summed E-state index contributed by atoms with van der Waals surface area (Å²) in [6, 6.07) is 17.3. The Labute approximate surface area is 235 Å². The Hall–Kier alpha value is -4.11. The highest BCUT2D eigenvalue weighted by Crippen LogP contribution is 2.46. The highest BCUT2D eigenvalue weighted by molar-refractivity contribution is 5.70. The van der Waals surface area contributed by atoms with Crippen LogP contribution in [0.1, 0.15) is 35.6 Å². The summed E-state index contributed by atoms with van der Waals surface area (Å²) in [7, 11) is 7.93. The predicted octanol–water partition coefficient (Wildman–Crippen LogP) is 5.19. The van der Waals surface area contributed by atoms with E-state index in [-0.39, 0.29) is 12.0 Å². The molecule has 40 heavy (non-hydrogen) atoms. The Bertz CT molecular complexity index is 1240. The fraction of sp³-hybridized carbons (Fsp3) is 0.387. The number of aliphatic carboxylic acids is 1. The Morgan fingerprint density at radius 1 is 0.775 bits per heavy atom. The monoisotopic (exact) mass is 551 g/mol. The molecule has 0 bridgehead atoms. The van der Waals surface area contributed by atoms with Crippen molar-refractivity contribution in [3.8, 4) is 34.5 Å². The zero-order chi connectivity index (χ0) is 28.6. The number of carboxylic acid groups (broad SMARTS) is 1. The highest BCUT2D eigenvalue weighted by atomic mass is 16.5. The molecule has 3 aromatic carbocycles. The van der Waals surface area contributed by atoms with Crippen molar-refractivity contribution in [2.24, 2.45) is 5.92 Å². The number of hydrogen-bond donors (Lipinski definition) is 1. The maximum absolute atomic E-state index is 11.7. The molecule has 1 unspecified atom stereocenters. The van der Waals surface area contributed by atoms with E-state index >= 15 is 0 Å². The second-order valence-corrected chi connectivity index (χ2v) is 9.54. The standard InChI is InChI=1S/C31H37NO8/c1-35-24-15-22(16-25(36-2)29(24)39-5)28(32-13-11-21(12-14-32)31(33)34)23-17-26(37-3)30(27(18-23)38-4)40-19-20-9-7-6-8-10-20/h6-10,15-18,21,28H,11-14,19H2,1-5H3,(H,33,34). The number of carboxylic acids is 1. The minimum Gasteiger partial charge on any atom is -0.493 e. The van der Waals surface area contributed by atoms with Crippen molar-refractivity contribution in [3.05, 3.63) is 71.3 Å². The first kappa shape index (κ1) is 28.9. The average Bonchev–Trinajstić information content (AvgIpc) is 3.00. The molecule has 9 nitrogen and oxygen atoms in total. The van der Waals surface area contributed by atoms with Gasteiger partial charge in [-0.15, -0.1) is 0 Å². The molecule has 0 aliphatic carbocycles. The molecule has 0 spiro atoms. The van der Waals surface area contributed by atoms with E-state index in [0.29, 0.717) is 67.0 Å². The van der Waals surface area contributed by atoms with Gasteiger partial charge in [-0.25, -0.2) is 0 Å². The molecule has 0 radical (unpaired) electrons. The third-order valence-corrected chi connectivity index (χ3v) is 7.27. The van der Waals surface area contributed by atoms with Gasteiger partial charge in [0.15, 0.2) is 23.0 Å². The van der Waals surface area contributed by atoms with Crippen LogP contribution in [0.25, 0.3) is 0 Å². The molecule has 1 aliphatic heterocycles. The maximum atomic E-state index is 11.7. The van der Waals surface area contributed by atoms with Gasteiger partial charge < -0.3 is 33.5 Å². The summed E-state index contributed by atoms with van der Waals surface area (Å²) in [4.78, 5) is 13.9. The van der Waals surface area contributed by atoms with Gasteiger partial charge in [0.2, 0.25) is 11.5 Å². The number of methoxy groups -OCH3 is 5. The minimum atomic E-state index is -0.757. The van der Waals surface area contributed by atoms with E-state index in [1.54, 1.807) is 35.5 Å². The van der Waals surface area contributed by atoms with E-state index in [4.69, 9.17) is 28.4 Å². The first-order valence-corrected chi connectivity index (χ1v) is 13.1. The van der Waals surface area contributed by atoms with Crippen LogP contribution in [0, 0.1) is 5.92 Å². The predicted molar refractivity (Wildman–Crippen MR) is 150 cm³/mol. The van der Waals surface area contributed by atoms with Gasteiger partial charge in [-0.2, -0.15) is 0 Å². The number of benzene rings is 3. The average molecular weight is 552 g/mol. The molecule has 1 fully saturated rings. The van der Waals surface area contributed by atoms with Crippen LogP contribution in [0.5, 0.6) is 34.5 Å². The topological polar surface area (TPSA) is 95.9 Å². The molecule has 3 aromatic rings. The number of piperidine rings is 1. The maximum Gasteiger partial charge on any atom is 0.306 e. The largest absolute Gasteiger partial charge is 0.493 e. The van der Waals surface area contributed by atoms with Crippen LogP contribution in [-0.4, -0.2) is 64.6 Å². The number of likely N-dealkylation sites (tertiary alicyclic amines) is 1. The summed E-state index contributed by atoms with van der Waals surface area (Å²) < 4.78 is 34.6. The van der Waals surface area contributed by atoms with Crippen molar-refractivity contribution in [2.75, 3.05) is 48.6 Å². The molecular formula is C31H37NO8. The molecule has 0 amide bonds. The second-order valence-electron chi connectivity index (χ2n) is 9.54. The quantitative estimate of drug-likeness (QED) is 0.326. The van der Waals surface area contributed by atoms with Crippen molar-refractivity contribution in [3.63, 3.8) is 0 Å². The zero-order valence-electron chi connectivity index (χ0n) is 23.6. The van der Waals surface area contributed by atoms with E-state index < -0.39 is 5.97 Å². The van der Waals surface area contributed by atoms with Crippen molar-refractivity contribution < 1.29 is 38.3 Å². The summed E-state index contributed by atoms with van der Waals surface area (Å²) >= 11 is 0. The lowest BCUT2D eigenvalue weighted by Gasteiger charge is -2.37. The Morgan fingerprint density at radius 3 is 1.68 bits per heavy atom. The second kappa shape index (κ2) is 13.3. The summed E-state index contributed by atoms with van der Waals surface area (Å²) in [6.07, 6.45) is 1.09. The smallest absolute Gasteiger partial charge is 0.306 e.